The number of likely N-dealkylation sites (tertiary alicyclic amines) is 1. The number of benzene rings is 1. The molecule has 1 aliphatic rings. The van der Waals surface area contributed by atoms with Crippen molar-refractivity contribution in [1.29, 1.82) is 0 Å². The Morgan fingerprint density at radius 2 is 1.89 bits per heavy atom. The Bertz CT molecular complexity index is 369. The second-order valence-electron chi connectivity index (χ2n) is 5.76. The third kappa shape index (κ3) is 5.04. The first-order valence-electron chi connectivity index (χ1n) is 7.32. The predicted molar refractivity (Wildman–Crippen MR) is 90.4 cm³/mol. The van der Waals surface area contributed by atoms with Crippen LogP contribution in [0, 0.1) is 9.49 Å². The highest BCUT2D eigenvalue weighted by atomic mass is 127. The lowest BCUT2D eigenvalue weighted by Gasteiger charge is -2.29. The lowest BCUT2D eigenvalue weighted by molar-refractivity contribution is 0.211. The van der Waals surface area contributed by atoms with Crippen LogP contribution >= 0.6 is 22.6 Å². The number of hydrogen-bond donors (Lipinski definition) is 1. The standard InChI is InChI=1S/C16H25IN2/c1-13(15-3-5-16(17)6-4-15)18-10-7-14-8-11-19(2)12-9-14/h3-6,13-14,18H,7-12H2,1-2H3. The summed E-state index contributed by atoms with van der Waals surface area (Å²) in [4.78, 5) is 2.44. The van der Waals surface area contributed by atoms with Crippen molar-refractivity contribution in [3.63, 3.8) is 0 Å². The quantitative estimate of drug-likeness (QED) is 0.794. The zero-order chi connectivity index (χ0) is 13.7. The van der Waals surface area contributed by atoms with E-state index >= 15 is 0 Å². The molecule has 0 aliphatic carbocycles. The van der Waals surface area contributed by atoms with E-state index in [-0.39, 0.29) is 0 Å². The number of rotatable bonds is 5. The van der Waals surface area contributed by atoms with Crippen molar-refractivity contribution >= 4 is 22.6 Å². The van der Waals surface area contributed by atoms with Crippen LogP contribution in [0.4, 0.5) is 0 Å². The van der Waals surface area contributed by atoms with Gasteiger partial charge in [0.1, 0.15) is 0 Å². The highest BCUT2D eigenvalue weighted by Gasteiger charge is 2.16. The summed E-state index contributed by atoms with van der Waals surface area (Å²) in [5.74, 6) is 0.924. The third-order valence-corrected chi connectivity index (χ3v) is 4.93. The molecule has 1 saturated heterocycles. The maximum atomic E-state index is 3.66. The van der Waals surface area contributed by atoms with Crippen LogP contribution in [0.3, 0.4) is 0 Å². The summed E-state index contributed by atoms with van der Waals surface area (Å²) < 4.78 is 1.31. The molecule has 1 fully saturated rings. The van der Waals surface area contributed by atoms with E-state index in [2.05, 4.69) is 71.0 Å². The van der Waals surface area contributed by atoms with Crippen molar-refractivity contribution in [1.82, 2.24) is 10.2 Å². The van der Waals surface area contributed by atoms with Gasteiger partial charge in [0.2, 0.25) is 0 Å². The van der Waals surface area contributed by atoms with Gasteiger partial charge in [0.25, 0.3) is 0 Å². The van der Waals surface area contributed by atoms with Crippen molar-refractivity contribution in [2.75, 3.05) is 26.7 Å². The molecule has 1 aromatic rings. The van der Waals surface area contributed by atoms with Crippen molar-refractivity contribution in [2.24, 2.45) is 5.92 Å². The zero-order valence-corrected chi connectivity index (χ0v) is 14.2. The van der Waals surface area contributed by atoms with Gasteiger partial charge in [0, 0.05) is 9.61 Å². The highest BCUT2D eigenvalue weighted by Crippen LogP contribution is 2.20. The van der Waals surface area contributed by atoms with E-state index in [0.717, 1.165) is 12.5 Å². The van der Waals surface area contributed by atoms with Gasteiger partial charge in [-0.1, -0.05) is 12.1 Å². The number of nitrogens with zero attached hydrogens (tertiary/aromatic N) is 1. The largest absolute Gasteiger partial charge is 0.310 e. The first kappa shape index (κ1) is 15.3. The topological polar surface area (TPSA) is 15.3 Å². The van der Waals surface area contributed by atoms with Gasteiger partial charge in [-0.3, -0.25) is 0 Å². The molecule has 2 rings (SSSR count). The molecular formula is C16H25IN2. The van der Waals surface area contributed by atoms with Gasteiger partial charge in [0.15, 0.2) is 0 Å². The van der Waals surface area contributed by atoms with E-state index in [1.165, 1.54) is 41.5 Å². The molecular weight excluding hydrogens is 347 g/mol. The second kappa shape index (κ2) is 7.60. The van der Waals surface area contributed by atoms with Crippen molar-refractivity contribution in [2.45, 2.75) is 32.2 Å². The molecule has 0 bridgehead atoms. The third-order valence-electron chi connectivity index (χ3n) is 4.21. The lowest BCUT2D eigenvalue weighted by atomic mass is 9.93. The van der Waals surface area contributed by atoms with Crippen molar-refractivity contribution in [3.05, 3.63) is 33.4 Å². The Kier molecular flexibility index (Phi) is 6.10. The van der Waals surface area contributed by atoms with Crippen molar-refractivity contribution < 1.29 is 0 Å². The van der Waals surface area contributed by atoms with Gasteiger partial charge in [0.05, 0.1) is 0 Å². The van der Waals surface area contributed by atoms with Gasteiger partial charge >= 0.3 is 0 Å². The zero-order valence-electron chi connectivity index (χ0n) is 12.0. The molecule has 3 heteroatoms. The summed E-state index contributed by atoms with van der Waals surface area (Å²) in [6, 6.07) is 9.29. The van der Waals surface area contributed by atoms with Crippen LogP contribution in [-0.4, -0.2) is 31.6 Å². The monoisotopic (exact) mass is 372 g/mol. The molecule has 0 saturated carbocycles. The van der Waals surface area contributed by atoms with Crippen molar-refractivity contribution in [3.8, 4) is 0 Å². The minimum Gasteiger partial charge on any atom is -0.310 e. The summed E-state index contributed by atoms with van der Waals surface area (Å²) in [6.07, 6.45) is 4.06. The summed E-state index contributed by atoms with van der Waals surface area (Å²) in [5, 5.41) is 3.66. The molecule has 106 valence electrons. The molecule has 1 aromatic carbocycles. The fraction of sp³-hybridized carbons (Fsp3) is 0.625. The van der Waals surface area contributed by atoms with E-state index in [9.17, 15) is 0 Å². The average Bonchev–Trinajstić information content (AvgIpc) is 2.41. The van der Waals surface area contributed by atoms with Gasteiger partial charge in [-0.15, -0.1) is 0 Å². The molecule has 0 amide bonds. The molecule has 0 spiro atoms. The van der Waals surface area contributed by atoms with Crippen LogP contribution in [-0.2, 0) is 0 Å². The maximum absolute atomic E-state index is 3.66. The number of nitrogens with one attached hydrogen (secondary N) is 1. The Labute approximate surface area is 131 Å². The molecule has 1 unspecified atom stereocenters. The maximum Gasteiger partial charge on any atom is 0.0291 e. The minimum atomic E-state index is 0.461. The van der Waals surface area contributed by atoms with Gasteiger partial charge in [-0.2, -0.15) is 0 Å². The SMILES string of the molecule is CC(NCCC1CCN(C)CC1)c1ccc(I)cc1. The van der Waals surface area contributed by atoms with Gasteiger partial charge in [-0.05, 0) is 99.1 Å². The predicted octanol–water partition coefficient (Wildman–Crippen LogP) is 3.67. The smallest absolute Gasteiger partial charge is 0.0291 e. The van der Waals surface area contributed by atoms with E-state index in [4.69, 9.17) is 0 Å². The Morgan fingerprint density at radius 3 is 2.53 bits per heavy atom. The van der Waals surface area contributed by atoms with Crippen LogP contribution < -0.4 is 5.32 Å². The van der Waals surface area contributed by atoms with E-state index in [1.807, 2.05) is 0 Å². The molecule has 2 nitrogen and oxygen atoms in total. The Balaban J connectivity index is 1.69. The first-order chi connectivity index (χ1) is 9.15. The Morgan fingerprint density at radius 1 is 1.26 bits per heavy atom. The van der Waals surface area contributed by atoms with E-state index < -0.39 is 0 Å². The summed E-state index contributed by atoms with van der Waals surface area (Å²) in [7, 11) is 2.23. The molecule has 0 aromatic heterocycles. The van der Waals surface area contributed by atoms with Gasteiger partial charge < -0.3 is 10.2 Å². The van der Waals surface area contributed by atoms with E-state index in [1.54, 1.807) is 0 Å². The molecule has 1 aliphatic heterocycles. The molecule has 1 N–H and O–H groups in total. The highest BCUT2D eigenvalue weighted by molar-refractivity contribution is 14.1. The second-order valence-corrected chi connectivity index (χ2v) is 7.01. The minimum absolute atomic E-state index is 0.461. The summed E-state index contributed by atoms with van der Waals surface area (Å²) >= 11 is 2.36. The average molecular weight is 372 g/mol. The van der Waals surface area contributed by atoms with Crippen LogP contribution in [0.2, 0.25) is 0 Å². The van der Waals surface area contributed by atoms with Crippen LogP contribution in [0.1, 0.15) is 37.8 Å². The molecule has 0 radical (unpaired) electrons. The summed E-state index contributed by atoms with van der Waals surface area (Å²) in [5.41, 5.74) is 1.39. The fourth-order valence-electron chi connectivity index (χ4n) is 2.72. The molecule has 1 atom stereocenters. The van der Waals surface area contributed by atoms with Crippen LogP contribution in [0.25, 0.3) is 0 Å². The fourth-order valence-corrected chi connectivity index (χ4v) is 3.08. The van der Waals surface area contributed by atoms with Crippen LogP contribution in [0.15, 0.2) is 24.3 Å². The molecule has 1 heterocycles. The lowest BCUT2D eigenvalue weighted by Crippen LogP contribution is -2.32. The van der Waals surface area contributed by atoms with E-state index in [0.29, 0.717) is 6.04 Å². The number of halogens is 1. The normalized spacial score (nSPS) is 19.5. The van der Waals surface area contributed by atoms with Crippen LogP contribution in [0.5, 0.6) is 0 Å². The Hall–Kier alpha value is -0.130. The number of hydrogen-bond acceptors (Lipinski definition) is 2. The number of piperidine rings is 1. The summed E-state index contributed by atoms with van der Waals surface area (Å²) in [6.45, 7) is 5.95. The van der Waals surface area contributed by atoms with Gasteiger partial charge in [-0.25, -0.2) is 0 Å². The molecule has 19 heavy (non-hydrogen) atoms. The first-order valence-corrected chi connectivity index (χ1v) is 8.40.